The molecule has 1 saturated heterocycles. The van der Waals surface area contributed by atoms with Crippen LogP contribution in [0.2, 0.25) is 0 Å². The summed E-state index contributed by atoms with van der Waals surface area (Å²) in [5, 5.41) is 3.41. The van der Waals surface area contributed by atoms with Crippen molar-refractivity contribution in [1.29, 1.82) is 0 Å². The first-order chi connectivity index (χ1) is 13.2. The van der Waals surface area contributed by atoms with E-state index in [4.69, 9.17) is 9.47 Å². The number of benzene rings is 1. The van der Waals surface area contributed by atoms with Crippen molar-refractivity contribution < 1.29 is 14.3 Å². The van der Waals surface area contributed by atoms with Gasteiger partial charge in [0.1, 0.15) is 18.2 Å². The summed E-state index contributed by atoms with van der Waals surface area (Å²) in [7, 11) is 1.59. The van der Waals surface area contributed by atoms with Crippen molar-refractivity contribution in [3.63, 3.8) is 0 Å². The molecule has 0 aliphatic carbocycles. The van der Waals surface area contributed by atoms with Gasteiger partial charge in [0.2, 0.25) is 5.88 Å². The third-order valence-electron chi connectivity index (χ3n) is 5.25. The van der Waals surface area contributed by atoms with Crippen LogP contribution in [0, 0.1) is 0 Å². The molecule has 3 heterocycles. The molecular formula is C20H24N4O3. The number of ether oxygens (including phenoxy) is 2. The fourth-order valence-electron chi connectivity index (χ4n) is 3.69. The van der Waals surface area contributed by atoms with Gasteiger partial charge in [-0.15, -0.1) is 0 Å². The number of amides is 1. The smallest absolute Gasteiger partial charge is 0.252 e. The Hall–Kier alpha value is -2.67. The Morgan fingerprint density at radius 3 is 2.78 bits per heavy atom. The SMILES string of the molecule is COc1cc(NC2CCN(C(=O)C3Cc4ccccc4CO3)CC2)ncn1. The average Bonchev–Trinajstić information content (AvgIpc) is 2.73. The number of methoxy groups -OCH3 is 1. The number of carbonyl (C=O) groups is 1. The summed E-state index contributed by atoms with van der Waals surface area (Å²) in [6.07, 6.45) is 3.53. The Morgan fingerprint density at radius 1 is 1.22 bits per heavy atom. The number of carbonyl (C=O) groups excluding carboxylic acids is 1. The highest BCUT2D eigenvalue weighted by Crippen LogP contribution is 2.23. The number of aromatic nitrogens is 2. The van der Waals surface area contributed by atoms with E-state index in [1.807, 2.05) is 17.0 Å². The molecule has 1 N–H and O–H groups in total. The van der Waals surface area contributed by atoms with Gasteiger partial charge >= 0.3 is 0 Å². The van der Waals surface area contributed by atoms with Crippen LogP contribution in [0.25, 0.3) is 0 Å². The molecule has 27 heavy (non-hydrogen) atoms. The lowest BCUT2D eigenvalue weighted by atomic mass is 9.97. The van der Waals surface area contributed by atoms with Gasteiger partial charge in [-0.3, -0.25) is 4.79 Å². The van der Waals surface area contributed by atoms with Crippen molar-refractivity contribution in [3.05, 3.63) is 47.8 Å². The quantitative estimate of drug-likeness (QED) is 0.890. The number of nitrogens with one attached hydrogen (secondary N) is 1. The molecule has 142 valence electrons. The molecular weight excluding hydrogens is 344 g/mol. The lowest BCUT2D eigenvalue weighted by molar-refractivity contribution is -0.146. The van der Waals surface area contributed by atoms with Crippen molar-refractivity contribution in [2.75, 3.05) is 25.5 Å². The lowest BCUT2D eigenvalue weighted by Crippen LogP contribution is -2.48. The van der Waals surface area contributed by atoms with Gasteiger partial charge in [-0.1, -0.05) is 24.3 Å². The van der Waals surface area contributed by atoms with Crippen molar-refractivity contribution in [2.45, 2.75) is 38.0 Å². The molecule has 0 radical (unpaired) electrons. The number of nitrogens with zero attached hydrogens (tertiary/aromatic N) is 3. The second-order valence-electron chi connectivity index (χ2n) is 6.96. The molecule has 1 atom stereocenters. The molecule has 1 aromatic heterocycles. The van der Waals surface area contributed by atoms with Gasteiger partial charge in [0.15, 0.2) is 0 Å². The van der Waals surface area contributed by atoms with Gasteiger partial charge in [-0.2, -0.15) is 0 Å². The minimum atomic E-state index is -0.365. The van der Waals surface area contributed by atoms with E-state index in [0.717, 1.165) is 31.7 Å². The predicted octanol–water partition coefficient (Wildman–Crippen LogP) is 2.03. The molecule has 1 fully saturated rings. The highest BCUT2D eigenvalue weighted by molar-refractivity contribution is 5.81. The average molecular weight is 368 g/mol. The highest BCUT2D eigenvalue weighted by Gasteiger charge is 2.31. The van der Waals surface area contributed by atoms with E-state index >= 15 is 0 Å². The molecule has 0 bridgehead atoms. The zero-order valence-corrected chi connectivity index (χ0v) is 15.4. The summed E-state index contributed by atoms with van der Waals surface area (Å²) in [5.74, 6) is 1.39. The molecule has 0 spiro atoms. The minimum Gasteiger partial charge on any atom is -0.481 e. The van der Waals surface area contributed by atoms with Crippen LogP contribution in [-0.4, -0.2) is 53.1 Å². The summed E-state index contributed by atoms with van der Waals surface area (Å²) < 4.78 is 11.0. The number of anilines is 1. The normalized spacial score (nSPS) is 20.0. The van der Waals surface area contributed by atoms with E-state index in [0.29, 0.717) is 18.9 Å². The molecule has 7 nitrogen and oxygen atoms in total. The number of likely N-dealkylation sites (tertiary alicyclic amines) is 1. The first kappa shape index (κ1) is 17.7. The fourth-order valence-corrected chi connectivity index (χ4v) is 3.69. The van der Waals surface area contributed by atoms with Crippen LogP contribution in [0.3, 0.4) is 0 Å². The molecule has 2 aromatic rings. The molecule has 1 aromatic carbocycles. The Balaban J connectivity index is 1.31. The van der Waals surface area contributed by atoms with Crippen molar-refractivity contribution in [2.24, 2.45) is 0 Å². The monoisotopic (exact) mass is 368 g/mol. The number of hydrogen-bond donors (Lipinski definition) is 1. The number of rotatable bonds is 4. The third kappa shape index (κ3) is 4.03. The zero-order valence-electron chi connectivity index (χ0n) is 15.4. The first-order valence-corrected chi connectivity index (χ1v) is 9.32. The van der Waals surface area contributed by atoms with Gasteiger partial charge in [0.25, 0.3) is 5.91 Å². The lowest BCUT2D eigenvalue weighted by Gasteiger charge is -2.35. The summed E-state index contributed by atoms with van der Waals surface area (Å²) in [6, 6.07) is 10.2. The summed E-state index contributed by atoms with van der Waals surface area (Å²) in [6.45, 7) is 1.96. The highest BCUT2D eigenvalue weighted by atomic mass is 16.5. The second-order valence-corrected chi connectivity index (χ2v) is 6.96. The molecule has 4 rings (SSSR count). The van der Waals surface area contributed by atoms with Crippen LogP contribution in [0.1, 0.15) is 24.0 Å². The van der Waals surface area contributed by atoms with Crippen LogP contribution in [0.5, 0.6) is 5.88 Å². The van der Waals surface area contributed by atoms with E-state index in [1.165, 1.54) is 17.5 Å². The topological polar surface area (TPSA) is 76.6 Å². The van der Waals surface area contributed by atoms with Gasteiger partial charge in [-0.25, -0.2) is 9.97 Å². The maximum Gasteiger partial charge on any atom is 0.252 e. The van der Waals surface area contributed by atoms with Gasteiger partial charge in [0.05, 0.1) is 13.7 Å². The Bertz CT molecular complexity index is 805. The van der Waals surface area contributed by atoms with Crippen LogP contribution < -0.4 is 10.1 Å². The van der Waals surface area contributed by atoms with Crippen LogP contribution >= 0.6 is 0 Å². The van der Waals surface area contributed by atoms with Gasteiger partial charge in [0, 0.05) is 31.6 Å². The number of hydrogen-bond acceptors (Lipinski definition) is 6. The van der Waals surface area contributed by atoms with Crippen LogP contribution in [-0.2, 0) is 22.6 Å². The zero-order chi connectivity index (χ0) is 18.6. The standard InChI is InChI=1S/C20H24N4O3/c1-26-19-11-18(21-13-22-19)23-16-6-8-24(9-7-16)20(25)17-10-14-4-2-3-5-15(14)12-27-17/h2-5,11,13,16-17H,6-10,12H2,1H3,(H,21,22,23). The van der Waals surface area contributed by atoms with Gasteiger partial charge in [-0.05, 0) is 24.0 Å². The van der Waals surface area contributed by atoms with Crippen molar-refractivity contribution in [3.8, 4) is 5.88 Å². The van der Waals surface area contributed by atoms with E-state index < -0.39 is 0 Å². The van der Waals surface area contributed by atoms with Crippen molar-refractivity contribution in [1.82, 2.24) is 14.9 Å². The molecule has 1 amide bonds. The fraction of sp³-hybridized carbons (Fsp3) is 0.450. The molecule has 7 heteroatoms. The van der Waals surface area contributed by atoms with Crippen molar-refractivity contribution >= 4 is 11.7 Å². The van der Waals surface area contributed by atoms with E-state index in [-0.39, 0.29) is 18.1 Å². The predicted molar refractivity (Wildman–Crippen MR) is 101 cm³/mol. The number of fused-ring (bicyclic) bond motifs is 1. The molecule has 1 unspecified atom stereocenters. The van der Waals surface area contributed by atoms with Gasteiger partial charge < -0.3 is 19.7 Å². The summed E-state index contributed by atoms with van der Waals surface area (Å²) >= 11 is 0. The Morgan fingerprint density at radius 2 is 2.00 bits per heavy atom. The molecule has 2 aliphatic heterocycles. The second kappa shape index (κ2) is 7.92. The largest absolute Gasteiger partial charge is 0.481 e. The molecule has 2 aliphatic rings. The first-order valence-electron chi connectivity index (χ1n) is 9.32. The van der Waals surface area contributed by atoms with E-state index in [1.54, 1.807) is 13.2 Å². The summed E-state index contributed by atoms with van der Waals surface area (Å²) in [4.78, 5) is 23.0. The molecule has 0 saturated carbocycles. The summed E-state index contributed by atoms with van der Waals surface area (Å²) in [5.41, 5.74) is 2.40. The maximum absolute atomic E-state index is 12.9. The van der Waals surface area contributed by atoms with Crippen LogP contribution in [0.4, 0.5) is 5.82 Å². The maximum atomic E-state index is 12.9. The Kier molecular flexibility index (Phi) is 5.20. The number of piperidine rings is 1. The van der Waals surface area contributed by atoms with E-state index in [9.17, 15) is 4.79 Å². The Labute approximate surface area is 158 Å². The third-order valence-corrected chi connectivity index (χ3v) is 5.25. The van der Waals surface area contributed by atoms with Crippen LogP contribution in [0.15, 0.2) is 36.7 Å². The minimum absolute atomic E-state index is 0.103. The van der Waals surface area contributed by atoms with E-state index in [2.05, 4.69) is 27.4 Å².